The highest BCUT2D eigenvalue weighted by molar-refractivity contribution is 7.99. The summed E-state index contributed by atoms with van der Waals surface area (Å²) in [5.74, 6) is 2.56. The molecule has 1 amide bonds. The first kappa shape index (κ1) is 16.3. The molecule has 132 valence electrons. The van der Waals surface area contributed by atoms with Crippen molar-refractivity contribution < 1.29 is 14.3 Å². The third-order valence-electron chi connectivity index (χ3n) is 4.43. The molecule has 2 aliphatic rings. The number of imidazole rings is 1. The van der Waals surface area contributed by atoms with Crippen molar-refractivity contribution >= 4 is 17.7 Å². The van der Waals surface area contributed by atoms with E-state index in [1.165, 1.54) is 0 Å². The fourth-order valence-electron chi connectivity index (χ4n) is 3.13. The number of aryl methyl sites for hydroxylation is 1. The van der Waals surface area contributed by atoms with Crippen LogP contribution < -0.4 is 9.47 Å². The monoisotopic (exact) mass is 359 g/mol. The topological polar surface area (TPSA) is 56.6 Å². The number of fused-ring (bicyclic) bond motifs is 2. The normalized spacial score (nSPS) is 16.2. The quantitative estimate of drug-likeness (QED) is 0.786. The lowest BCUT2D eigenvalue weighted by Crippen LogP contribution is -2.30. The second kappa shape index (κ2) is 7.39. The van der Waals surface area contributed by atoms with Gasteiger partial charge in [-0.05, 0) is 24.6 Å². The maximum atomic E-state index is 12.5. The second-order valence-corrected chi connectivity index (χ2v) is 7.32. The zero-order chi connectivity index (χ0) is 17.1. The van der Waals surface area contributed by atoms with E-state index >= 15 is 0 Å². The Hall–Kier alpha value is -2.15. The van der Waals surface area contributed by atoms with Gasteiger partial charge in [-0.2, -0.15) is 0 Å². The summed E-state index contributed by atoms with van der Waals surface area (Å²) in [7, 11) is 0. The van der Waals surface area contributed by atoms with Crippen LogP contribution in [0.2, 0.25) is 0 Å². The van der Waals surface area contributed by atoms with E-state index in [9.17, 15) is 4.79 Å². The van der Waals surface area contributed by atoms with Crippen molar-refractivity contribution in [2.75, 3.05) is 25.5 Å². The van der Waals surface area contributed by atoms with E-state index in [-0.39, 0.29) is 5.91 Å². The largest absolute Gasteiger partial charge is 0.486 e. The van der Waals surface area contributed by atoms with Crippen LogP contribution in [0.3, 0.4) is 0 Å². The van der Waals surface area contributed by atoms with Gasteiger partial charge in [-0.25, -0.2) is 4.98 Å². The van der Waals surface area contributed by atoms with Gasteiger partial charge in [0.15, 0.2) is 11.5 Å². The molecule has 0 bridgehead atoms. The highest BCUT2D eigenvalue weighted by Crippen LogP contribution is 2.34. The first-order valence-electron chi connectivity index (χ1n) is 8.59. The van der Waals surface area contributed by atoms with Gasteiger partial charge < -0.3 is 18.9 Å². The summed E-state index contributed by atoms with van der Waals surface area (Å²) in [5, 5.41) is 0. The fraction of sp³-hybridized carbons (Fsp3) is 0.444. The number of hydrogen-bond acceptors (Lipinski definition) is 5. The van der Waals surface area contributed by atoms with Crippen LogP contribution in [0.25, 0.3) is 0 Å². The third kappa shape index (κ3) is 3.76. The van der Waals surface area contributed by atoms with E-state index in [2.05, 4.69) is 9.55 Å². The zero-order valence-electron chi connectivity index (χ0n) is 14.0. The number of nitrogens with zero attached hydrogens (tertiary/aromatic N) is 3. The van der Waals surface area contributed by atoms with Gasteiger partial charge in [0, 0.05) is 36.4 Å². The molecule has 25 heavy (non-hydrogen) atoms. The van der Waals surface area contributed by atoms with Gasteiger partial charge in [0.1, 0.15) is 13.2 Å². The number of amides is 1. The maximum Gasteiger partial charge on any atom is 0.223 e. The SMILES string of the molecule is O=C(CCSc1ccc2c(c1)OCCO2)N1CCCn2cncc2C1. The molecule has 7 heteroatoms. The summed E-state index contributed by atoms with van der Waals surface area (Å²) in [4.78, 5) is 19.8. The van der Waals surface area contributed by atoms with Crippen molar-refractivity contribution in [1.82, 2.24) is 14.5 Å². The number of carbonyl (C=O) groups excluding carboxylic acids is 1. The number of aromatic nitrogens is 2. The fourth-order valence-corrected chi connectivity index (χ4v) is 4.00. The van der Waals surface area contributed by atoms with Crippen LogP contribution in [0.15, 0.2) is 35.6 Å². The number of carbonyl (C=O) groups is 1. The van der Waals surface area contributed by atoms with E-state index in [1.807, 2.05) is 35.6 Å². The standard InChI is InChI=1S/C18H21N3O3S/c22-18(20-5-1-6-21-13-19-11-14(21)12-20)4-9-25-15-2-3-16-17(10-15)24-8-7-23-16/h2-3,10-11,13H,1,4-9,12H2. The summed E-state index contributed by atoms with van der Waals surface area (Å²) in [6.45, 7) is 3.60. The molecule has 0 fully saturated rings. The lowest BCUT2D eigenvalue weighted by molar-refractivity contribution is -0.131. The minimum absolute atomic E-state index is 0.208. The average molecular weight is 359 g/mol. The molecule has 0 saturated carbocycles. The van der Waals surface area contributed by atoms with Crippen molar-refractivity contribution in [2.45, 2.75) is 30.8 Å². The number of rotatable bonds is 4. The Labute approximate surface area is 151 Å². The highest BCUT2D eigenvalue weighted by Gasteiger charge is 2.19. The summed E-state index contributed by atoms with van der Waals surface area (Å²) in [6, 6.07) is 5.95. The molecule has 4 rings (SSSR count). The van der Waals surface area contributed by atoms with Crippen LogP contribution in [0.5, 0.6) is 11.5 Å². The van der Waals surface area contributed by atoms with Gasteiger partial charge in [-0.3, -0.25) is 4.79 Å². The number of thioether (sulfide) groups is 1. The van der Waals surface area contributed by atoms with Crippen LogP contribution in [0.4, 0.5) is 0 Å². The Balaban J connectivity index is 1.30. The van der Waals surface area contributed by atoms with Gasteiger partial charge in [0.2, 0.25) is 5.91 Å². The van der Waals surface area contributed by atoms with E-state index in [1.54, 1.807) is 11.8 Å². The minimum atomic E-state index is 0.208. The Morgan fingerprint density at radius 1 is 1.20 bits per heavy atom. The molecule has 6 nitrogen and oxygen atoms in total. The molecule has 2 aromatic rings. The van der Waals surface area contributed by atoms with Gasteiger partial charge in [-0.1, -0.05) is 0 Å². The van der Waals surface area contributed by atoms with Gasteiger partial charge >= 0.3 is 0 Å². The van der Waals surface area contributed by atoms with E-state index in [4.69, 9.17) is 9.47 Å². The molecule has 0 aliphatic carbocycles. The third-order valence-corrected chi connectivity index (χ3v) is 5.42. The Morgan fingerprint density at radius 3 is 3.00 bits per heavy atom. The zero-order valence-corrected chi connectivity index (χ0v) is 14.8. The molecule has 0 radical (unpaired) electrons. The van der Waals surface area contributed by atoms with Crippen molar-refractivity contribution in [2.24, 2.45) is 0 Å². The molecule has 0 unspecified atom stereocenters. The molecule has 0 saturated heterocycles. The average Bonchev–Trinajstić information content (AvgIpc) is 2.98. The molecule has 0 spiro atoms. The molecular weight excluding hydrogens is 338 g/mol. The molecule has 1 aromatic heterocycles. The number of hydrogen-bond donors (Lipinski definition) is 0. The summed E-state index contributed by atoms with van der Waals surface area (Å²) < 4.78 is 13.3. The van der Waals surface area contributed by atoms with Crippen LogP contribution in [-0.2, 0) is 17.9 Å². The van der Waals surface area contributed by atoms with E-state index < -0.39 is 0 Å². The Bertz CT molecular complexity index is 762. The van der Waals surface area contributed by atoms with Crippen LogP contribution in [0, 0.1) is 0 Å². The minimum Gasteiger partial charge on any atom is -0.486 e. The number of benzene rings is 1. The maximum absolute atomic E-state index is 12.5. The lowest BCUT2D eigenvalue weighted by atomic mass is 10.3. The number of ether oxygens (including phenoxy) is 2. The van der Waals surface area contributed by atoms with Gasteiger partial charge in [0.25, 0.3) is 0 Å². The van der Waals surface area contributed by atoms with Crippen molar-refractivity contribution in [3.8, 4) is 11.5 Å². The molecule has 0 N–H and O–H groups in total. The van der Waals surface area contributed by atoms with E-state index in [0.29, 0.717) is 26.2 Å². The highest BCUT2D eigenvalue weighted by atomic mass is 32.2. The smallest absolute Gasteiger partial charge is 0.223 e. The van der Waals surface area contributed by atoms with Gasteiger partial charge in [-0.15, -0.1) is 11.8 Å². The van der Waals surface area contributed by atoms with Crippen molar-refractivity contribution in [3.63, 3.8) is 0 Å². The Kier molecular flexibility index (Phi) is 4.83. The molecule has 0 atom stereocenters. The first-order valence-corrected chi connectivity index (χ1v) is 9.57. The van der Waals surface area contributed by atoms with Crippen LogP contribution in [0.1, 0.15) is 18.5 Å². The predicted molar refractivity (Wildman–Crippen MR) is 95.0 cm³/mol. The Morgan fingerprint density at radius 2 is 2.08 bits per heavy atom. The van der Waals surface area contributed by atoms with E-state index in [0.717, 1.165) is 47.4 Å². The predicted octanol–water partition coefficient (Wildman–Crippen LogP) is 2.57. The second-order valence-electron chi connectivity index (χ2n) is 6.15. The van der Waals surface area contributed by atoms with Gasteiger partial charge in [0.05, 0.1) is 18.6 Å². The van der Waals surface area contributed by atoms with Crippen molar-refractivity contribution in [1.29, 1.82) is 0 Å². The molecule has 2 aliphatic heterocycles. The summed E-state index contributed by atoms with van der Waals surface area (Å²) >= 11 is 1.68. The van der Waals surface area contributed by atoms with Crippen LogP contribution >= 0.6 is 11.8 Å². The lowest BCUT2D eigenvalue weighted by Gasteiger charge is -2.20. The molecular formula is C18H21N3O3S. The molecule has 3 heterocycles. The van der Waals surface area contributed by atoms with Crippen molar-refractivity contribution in [3.05, 3.63) is 36.4 Å². The summed E-state index contributed by atoms with van der Waals surface area (Å²) in [6.07, 6.45) is 5.22. The molecule has 1 aromatic carbocycles. The first-order chi connectivity index (χ1) is 12.3. The van der Waals surface area contributed by atoms with Crippen LogP contribution in [-0.4, -0.2) is 45.9 Å². The summed E-state index contributed by atoms with van der Waals surface area (Å²) in [5.41, 5.74) is 1.12.